The molecule has 1 fully saturated rings. The summed E-state index contributed by atoms with van der Waals surface area (Å²) in [5.41, 5.74) is 0.679. The van der Waals surface area contributed by atoms with Gasteiger partial charge in [-0.1, -0.05) is 24.3 Å². The molecule has 3 heteroatoms. The van der Waals surface area contributed by atoms with Crippen LogP contribution in [0.2, 0.25) is 0 Å². The largest absolute Gasteiger partial charge is 0.326 e. The highest BCUT2D eigenvalue weighted by Crippen LogP contribution is 2.52. The second-order valence-electron chi connectivity index (χ2n) is 6.52. The van der Waals surface area contributed by atoms with Gasteiger partial charge in [0.15, 0.2) is 0 Å². The topological polar surface area (TPSA) is 29.1 Å². The summed E-state index contributed by atoms with van der Waals surface area (Å²) in [4.78, 5) is 12.5. The molecule has 1 aromatic carbocycles. The van der Waals surface area contributed by atoms with E-state index in [9.17, 15) is 9.18 Å². The predicted molar refractivity (Wildman–Crippen MR) is 91.5 cm³/mol. The number of nitrogens with one attached hydrogen (secondary N) is 1. The monoisotopic (exact) mass is 313 g/mol. The number of rotatable bonds is 2. The summed E-state index contributed by atoms with van der Waals surface area (Å²) in [5.74, 6) is 0.909. The molecule has 23 heavy (non-hydrogen) atoms. The Balaban J connectivity index is 1.60. The number of anilines is 1. The van der Waals surface area contributed by atoms with E-state index in [1.807, 2.05) is 0 Å². The lowest BCUT2D eigenvalue weighted by Crippen LogP contribution is -2.15. The molecule has 3 atom stereocenters. The molecule has 122 valence electrons. The van der Waals surface area contributed by atoms with Gasteiger partial charge >= 0.3 is 0 Å². The quantitative estimate of drug-likeness (QED) is 0.757. The van der Waals surface area contributed by atoms with E-state index in [0.717, 1.165) is 38.5 Å². The van der Waals surface area contributed by atoms with E-state index in [-0.39, 0.29) is 17.6 Å². The van der Waals surface area contributed by atoms with Crippen LogP contribution >= 0.6 is 0 Å². The number of halogens is 1. The van der Waals surface area contributed by atoms with Crippen molar-refractivity contribution in [2.75, 3.05) is 5.32 Å². The SMILES string of the molecule is O=C(Nc1ccc(F)cc1)C1[C@H]2CC/C=C\CC/C=C/CC[C@H]12. The molecule has 0 aliphatic heterocycles. The Labute approximate surface area is 137 Å². The van der Waals surface area contributed by atoms with Gasteiger partial charge in [0.05, 0.1) is 0 Å². The predicted octanol–water partition coefficient (Wildman–Crippen LogP) is 5.09. The van der Waals surface area contributed by atoms with Crippen molar-refractivity contribution in [2.45, 2.75) is 38.5 Å². The zero-order valence-electron chi connectivity index (χ0n) is 13.4. The first-order chi connectivity index (χ1) is 11.3. The standard InChI is InChI=1S/C20H24FNO/c21-15-11-13-16(14-12-15)22-20(23)19-17-9-7-5-3-1-2-4-6-8-10-18(17)19/h3-6,11-14,17-19H,1-2,7-10H2,(H,22,23)/b5-3-,6-4+/t17-,18-,19?/m0/s1. The minimum absolute atomic E-state index is 0.0921. The molecule has 1 amide bonds. The van der Waals surface area contributed by atoms with Crippen LogP contribution in [0.5, 0.6) is 0 Å². The van der Waals surface area contributed by atoms with E-state index in [4.69, 9.17) is 0 Å². The molecular weight excluding hydrogens is 289 g/mol. The first-order valence-electron chi connectivity index (χ1n) is 8.62. The molecular formula is C20H24FNO. The van der Waals surface area contributed by atoms with E-state index in [0.29, 0.717) is 17.5 Å². The molecule has 1 unspecified atom stereocenters. The maximum absolute atomic E-state index is 12.9. The maximum Gasteiger partial charge on any atom is 0.228 e. The number of benzene rings is 1. The van der Waals surface area contributed by atoms with Gasteiger partial charge in [-0.05, 0) is 74.6 Å². The second-order valence-corrected chi connectivity index (χ2v) is 6.52. The number of hydrogen-bond donors (Lipinski definition) is 1. The van der Waals surface area contributed by atoms with Gasteiger partial charge in [0, 0.05) is 11.6 Å². The normalized spacial score (nSPS) is 30.2. The number of fused-ring (bicyclic) bond motifs is 1. The van der Waals surface area contributed by atoms with Crippen LogP contribution in [0.1, 0.15) is 38.5 Å². The summed E-state index contributed by atoms with van der Waals surface area (Å²) in [7, 11) is 0. The minimum atomic E-state index is -0.283. The molecule has 1 saturated carbocycles. The van der Waals surface area contributed by atoms with Gasteiger partial charge in [0.2, 0.25) is 5.91 Å². The summed E-state index contributed by atoms with van der Waals surface area (Å²) < 4.78 is 12.9. The van der Waals surface area contributed by atoms with E-state index >= 15 is 0 Å². The van der Waals surface area contributed by atoms with Crippen molar-refractivity contribution in [3.63, 3.8) is 0 Å². The number of allylic oxidation sites excluding steroid dienone is 4. The second kappa shape index (κ2) is 7.58. The van der Waals surface area contributed by atoms with Gasteiger partial charge in [-0.25, -0.2) is 4.39 Å². The Kier molecular flexibility index (Phi) is 5.27. The lowest BCUT2D eigenvalue weighted by Gasteiger charge is -2.04. The molecule has 0 radical (unpaired) electrons. The highest BCUT2D eigenvalue weighted by Gasteiger charge is 2.52. The summed E-state index contributed by atoms with van der Waals surface area (Å²) in [6.07, 6.45) is 15.5. The molecule has 3 rings (SSSR count). The first-order valence-corrected chi connectivity index (χ1v) is 8.62. The zero-order valence-corrected chi connectivity index (χ0v) is 13.4. The van der Waals surface area contributed by atoms with Crippen molar-refractivity contribution in [1.29, 1.82) is 0 Å². The first kappa shape index (κ1) is 16.0. The molecule has 0 aromatic heterocycles. The van der Waals surface area contributed by atoms with Gasteiger partial charge in [-0.3, -0.25) is 4.79 Å². The highest BCUT2D eigenvalue weighted by molar-refractivity contribution is 5.94. The summed E-state index contributed by atoms with van der Waals surface area (Å²) in [6.45, 7) is 0. The zero-order chi connectivity index (χ0) is 16.1. The van der Waals surface area contributed by atoms with Crippen LogP contribution in [0.4, 0.5) is 10.1 Å². The van der Waals surface area contributed by atoms with Crippen LogP contribution in [0, 0.1) is 23.6 Å². The Bertz CT molecular complexity index is 566. The summed E-state index contributed by atoms with van der Waals surface area (Å²) >= 11 is 0. The van der Waals surface area contributed by atoms with Crippen molar-refractivity contribution in [3.8, 4) is 0 Å². The Morgan fingerprint density at radius 2 is 1.39 bits per heavy atom. The highest BCUT2D eigenvalue weighted by atomic mass is 19.1. The average Bonchev–Trinajstić information content (AvgIpc) is 3.22. The van der Waals surface area contributed by atoms with E-state index in [1.54, 1.807) is 12.1 Å². The number of hydrogen-bond acceptors (Lipinski definition) is 1. The average molecular weight is 313 g/mol. The van der Waals surface area contributed by atoms with Crippen LogP contribution in [-0.4, -0.2) is 5.91 Å². The van der Waals surface area contributed by atoms with Gasteiger partial charge in [-0.15, -0.1) is 0 Å². The fourth-order valence-corrected chi connectivity index (χ4v) is 3.62. The fourth-order valence-electron chi connectivity index (χ4n) is 3.62. The lowest BCUT2D eigenvalue weighted by molar-refractivity contribution is -0.117. The molecule has 0 heterocycles. The van der Waals surface area contributed by atoms with Crippen molar-refractivity contribution < 1.29 is 9.18 Å². The van der Waals surface area contributed by atoms with E-state index in [2.05, 4.69) is 29.6 Å². The van der Waals surface area contributed by atoms with Crippen molar-refractivity contribution in [1.82, 2.24) is 0 Å². The summed E-state index contributed by atoms with van der Waals surface area (Å²) in [5, 5.41) is 2.94. The van der Waals surface area contributed by atoms with Gasteiger partial charge in [-0.2, -0.15) is 0 Å². The molecule has 2 aliphatic carbocycles. The summed E-state index contributed by atoms with van der Waals surface area (Å²) in [6, 6.07) is 5.99. The number of carbonyl (C=O) groups is 1. The molecule has 0 saturated heterocycles. The third-order valence-electron chi connectivity index (χ3n) is 4.91. The van der Waals surface area contributed by atoms with Crippen LogP contribution in [-0.2, 0) is 4.79 Å². The van der Waals surface area contributed by atoms with Crippen LogP contribution in [0.15, 0.2) is 48.6 Å². The van der Waals surface area contributed by atoms with Crippen molar-refractivity contribution in [2.24, 2.45) is 17.8 Å². The molecule has 2 nitrogen and oxygen atoms in total. The van der Waals surface area contributed by atoms with Gasteiger partial charge in [0.1, 0.15) is 5.82 Å². The van der Waals surface area contributed by atoms with Gasteiger partial charge < -0.3 is 5.32 Å². The molecule has 2 aliphatic rings. The van der Waals surface area contributed by atoms with Crippen LogP contribution in [0.25, 0.3) is 0 Å². The smallest absolute Gasteiger partial charge is 0.228 e. The maximum atomic E-state index is 12.9. The molecule has 0 bridgehead atoms. The van der Waals surface area contributed by atoms with Crippen LogP contribution < -0.4 is 5.32 Å². The molecule has 1 N–H and O–H groups in total. The van der Waals surface area contributed by atoms with E-state index in [1.165, 1.54) is 12.1 Å². The number of amides is 1. The third-order valence-corrected chi connectivity index (χ3v) is 4.91. The Morgan fingerprint density at radius 3 is 1.96 bits per heavy atom. The number of carbonyl (C=O) groups excluding carboxylic acids is 1. The minimum Gasteiger partial charge on any atom is -0.326 e. The Hall–Kier alpha value is -1.90. The van der Waals surface area contributed by atoms with E-state index < -0.39 is 0 Å². The third kappa shape index (κ3) is 4.31. The lowest BCUT2D eigenvalue weighted by atomic mass is 10.1. The van der Waals surface area contributed by atoms with Crippen LogP contribution in [0.3, 0.4) is 0 Å². The van der Waals surface area contributed by atoms with Crippen molar-refractivity contribution >= 4 is 11.6 Å². The van der Waals surface area contributed by atoms with Crippen molar-refractivity contribution in [3.05, 3.63) is 54.4 Å². The molecule has 1 aromatic rings. The fraction of sp³-hybridized carbons (Fsp3) is 0.450. The molecule has 0 spiro atoms. The Morgan fingerprint density at radius 1 is 0.870 bits per heavy atom. The van der Waals surface area contributed by atoms with Gasteiger partial charge in [0.25, 0.3) is 0 Å².